The lowest BCUT2D eigenvalue weighted by Gasteiger charge is -1.92. The maximum Gasteiger partial charge on any atom is 0.299 e. The lowest BCUT2D eigenvalue weighted by Crippen LogP contribution is -1.96. The molecule has 0 aliphatic heterocycles. The highest BCUT2D eigenvalue weighted by Crippen LogP contribution is 2.21. The van der Waals surface area contributed by atoms with Crippen LogP contribution in [0.4, 0.5) is 0 Å². The van der Waals surface area contributed by atoms with E-state index in [1.165, 1.54) is 6.07 Å². The van der Waals surface area contributed by atoms with E-state index in [-0.39, 0.29) is 16.3 Å². The summed E-state index contributed by atoms with van der Waals surface area (Å²) < 4.78 is 9.70. The molecule has 0 amide bonds. The van der Waals surface area contributed by atoms with E-state index in [4.69, 9.17) is 20.6 Å². The number of aromatic amines is 2. The largest absolute Gasteiger partial charge is 0.377 e. The highest BCUT2D eigenvalue weighted by Gasteiger charge is 2.12. The smallest absolute Gasteiger partial charge is 0.299 e. The Morgan fingerprint density at radius 1 is 0.880 bits per heavy atom. The number of pyridine rings is 2. The van der Waals surface area contributed by atoms with Gasteiger partial charge < -0.3 is 9.05 Å². The maximum absolute atomic E-state index is 10.9. The molecule has 0 saturated carbocycles. The zero-order chi connectivity index (χ0) is 17.6. The van der Waals surface area contributed by atoms with E-state index in [9.17, 15) is 9.59 Å². The molecule has 0 aromatic carbocycles. The third kappa shape index (κ3) is 3.93. The fourth-order valence-electron chi connectivity index (χ4n) is 1.87. The van der Waals surface area contributed by atoms with Crippen LogP contribution in [0.2, 0.25) is 5.02 Å². The molecule has 4 heterocycles. The number of rotatable bonds is 2. The molecule has 0 bridgehead atoms. The average molecular weight is 359 g/mol. The van der Waals surface area contributed by atoms with Crippen LogP contribution >= 0.6 is 11.6 Å². The fraction of sp³-hybridized carbons (Fsp3) is 0. The summed E-state index contributed by atoms with van der Waals surface area (Å²) in [6, 6.07) is 12.0. The first kappa shape index (κ1) is 16.5. The molecular weight excluding hydrogens is 348 g/mol. The van der Waals surface area contributed by atoms with Crippen LogP contribution in [0.15, 0.2) is 73.5 Å². The summed E-state index contributed by atoms with van der Waals surface area (Å²) in [6.45, 7) is 0. The second-order valence-electron chi connectivity index (χ2n) is 4.68. The van der Waals surface area contributed by atoms with Gasteiger partial charge in [-0.2, -0.15) is 10.3 Å². The van der Waals surface area contributed by atoms with Crippen LogP contribution in [-0.4, -0.2) is 20.3 Å². The van der Waals surface area contributed by atoms with Crippen molar-refractivity contribution in [1.29, 1.82) is 0 Å². The van der Waals surface area contributed by atoms with Gasteiger partial charge in [0.1, 0.15) is 11.4 Å². The zero-order valence-electron chi connectivity index (χ0n) is 12.6. The predicted octanol–water partition coefficient (Wildman–Crippen LogP) is 2.71. The first-order chi connectivity index (χ1) is 12.1. The van der Waals surface area contributed by atoms with Crippen molar-refractivity contribution in [2.45, 2.75) is 0 Å². The molecule has 4 aromatic rings. The Kier molecular flexibility index (Phi) is 4.91. The van der Waals surface area contributed by atoms with E-state index in [2.05, 4.69) is 20.3 Å². The maximum atomic E-state index is 10.9. The molecule has 0 spiro atoms. The Morgan fingerprint density at radius 2 is 1.56 bits per heavy atom. The zero-order valence-corrected chi connectivity index (χ0v) is 13.4. The van der Waals surface area contributed by atoms with E-state index in [0.29, 0.717) is 17.1 Å². The summed E-state index contributed by atoms with van der Waals surface area (Å²) in [5.74, 6) is 0.730. The third-order valence-corrected chi connectivity index (χ3v) is 3.33. The minimum Gasteiger partial charge on any atom is -0.377 e. The number of hydrogen-bond acceptors (Lipinski definition) is 6. The van der Waals surface area contributed by atoms with Gasteiger partial charge in [0.15, 0.2) is 10.8 Å². The second kappa shape index (κ2) is 7.45. The van der Waals surface area contributed by atoms with Gasteiger partial charge in [0.25, 0.3) is 11.1 Å². The molecule has 0 atom stereocenters. The first-order valence-corrected chi connectivity index (χ1v) is 7.41. The van der Waals surface area contributed by atoms with Crippen LogP contribution in [-0.2, 0) is 0 Å². The normalized spacial score (nSPS) is 10.1. The van der Waals surface area contributed by atoms with Crippen LogP contribution in [0.5, 0.6) is 0 Å². The summed E-state index contributed by atoms with van der Waals surface area (Å²) in [5.41, 5.74) is 0.486. The van der Waals surface area contributed by atoms with E-state index in [1.807, 2.05) is 6.07 Å². The van der Waals surface area contributed by atoms with Crippen LogP contribution in [0.25, 0.3) is 22.9 Å². The predicted molar refractivity (Wildman–Crippen MR) is 90.1 cm³/mol. The van der Waals surface area contributed by atoms with Crippen molar-refractivity contribution in [2.75, 3.05) is 0 Å². The molecule has 4 rings (SSSR count). The molecule has 8 nitrogen and oxygen atoms in total. The van der Waals surface area contributed by atoms with Crippen LogP contribution in [0.1, 0.15) is 0 Å². The van der Waals surface area contributed by atoms with Crippen molar-refractivity contribution in [3.63, 3.8) is 0 Å². The van der Waals surface area contributed by atoms with Gasteiger partial charge in [0.05, 0.1) is 6.07 Å². The van der Waals surface area contributed by atoms with Crippen molar-refractivity contribution >= 4 is 11.6 Å². The number of hydrogen-bond donors (Lipinski definition) is 2. The summed E-state index contributed by atoms with van der Waals surface area (Å²) in [6.07, 6.45) is 3.24. The molecule has 126 valence electrons. The fourth-order valence-corrected chi connectivity index (χ4v) is 2.04. The van der Waals surface area contributed by atoms with Gasteiger partial charge in [-0.25, -0.2) is 0 Å². The molecule has 0 unspecified atom stereocenters. The quantitative estimate of drug-likeness (QED) is 0.568. The molecule has 4 aromatic heterocycles. The number of nitrogens with zero attached hydrogens (tertiary/aromatic N) is 2. The number of H-pyrrole nitrogens is 2. The number of aromatic nitrogens is 4. The van der Waals surface area contributed by atoms with E-state index < -0.39 is 5.56 Å². The minimum atomic E-state index is -0.442. The van der Waals surface area contributed by atoms with Gasteiger partial charge in [-0.3, -0.25) is 19.6 Å². The first-order valence-electron chi connectivity index (χ1n) is 7.03. The Hall–Kier alpha value is -3.39. The lowest BCUT2D eigenvalue weighted by molar-refractivity contribution is 0.424. The number of halogens is 1. The van der Waals surface area contributed by atoms with Crippen molar-refractivity contribution in [3.05, 3.63) is 80.6 Å². The minimum absolute atomic E-state index is 0.0266. The number of nitrogens with one attached hydrogen (secondary N) is 2. The highest BCUT2D eigenvalue weighted by atomic mass is 35.5. The van der Waals surface area contributed by atoms with Gasteiger partial charge in [-0.15, -0.1) is 0 Å². The Labute approximate surface area is 145 Å². The summed E-state index contributed by atoms with van der Waals surface area (Å²) in [4.78, 5) is 29.6. The van der Waals surface area contributed by atoms with Crippen molar-refractivity contribution in [3.8, 4) is 22.9 Å². The SMILES string of the molecule is O=c1[nH]oc(-c2ccccn2)c1Cl.O=c1cc(-c2ccccn2)o[nH]1. The third-order valence-electron chi connectivity index (χ3n) is 2.98. The van der Waals surface area contributed by atoms with Crippen molar-refractivity contribution in [2.24, 2.45) is 0 Å². The molecule has 2 N–H and O–H groups in total. The van der Waals surface area contributed by atoms with Crippen LogP contribution in [0.3, 0.4) is 0 Å². The van der Waals surface area contributed by atoms with E-state index >= 15 is 0 Å². The van der Waals surface area contributed by atoms with E-state index in [0.717, 1.165) is 0 Å². The Balaban J connectivity index is 0.000000146. The average Bonchev–Trinajstić information content (AvgIpc) is 3.23. The van der Waals surface area contributed by atoms with Gasteiger partial charge in [0.2, 0.25) is 5.76 Å². The molecule has 0 aliphatic carbocycles. The molecule has 0 radical (unpaired) electrons. The summed E-state index contributed by atoms with van der Waals surface area (Å²) in [5, 5.41) is 4.36. The molecular formula is C16H11ClN4O4. The summed E-state index contributed by atoms with van der Waals surface area (Å²) in [7, 11) is 0. The van der Waals surface area contributed by atoms with Gasteiger partial charge in [0, 0.05) is 12.4 Å². The van der Waals surface area contributed by atoms with Gasteiger partial charge in [-0.1, -0.05) is 23.7 Å². The Bertz CT molecular complexity index is 1050. The molecule has 0 fully saturated rings. The van der Waals surface area contributed by atoms with Gasteiger partial charge in [-0.05, 0) is 24.3 Å². The van der Waals surface area contributed by atoms with Crippen molar-refractivity contribution < 1.29 is 9.05 Å². The standard InChI is InChI=1S/C8H5ClN2O2.C8H6N2O2/c9-6-7(13-11-8(6)12)5-3-1-2-4-10-5;11-8-5-7(12-10-8)6-3-1-2-4-9-6/h1-4H,(H,11,12);1-5H,(H,10,11). The topological polar surface area (TPSA) is 118 Å². The highest BCUT2D eigenvalue weighted by molar-refractivity contribution is 6.32. The second-order valence-corrected chi connectivity index (χ2v) is 5.06. The lowest BCUT2D eigenvalue weighted by atomic mass is 10.3. The van der Waals surface area contributed by atoms with Crippen molar-refractivity contribution in [1.82, 2.24) is 20.3 Å². The molecule has 25 heavy (non-hydrogen) atoms. The Morgan fingerprint density at radius 3 is 2.04 bits per heavy atom. The van der Waals surface area contributed by atoms with Crippen LogP contribution < -0.4 is 11.1 Å². The summed E-state index contributed by atoms with van der Waals surface area (Å²) >= 11 is 5.67. The van der Waals surface area contributed by atoms with Gasteiger partial charge >= 0.3 is 0 Å². The van der Waals surface area contributed by atoms with E-state index in [1.54, 1.807) is 42.7 Å². The monoisotopic (exact) mass is 358 g/mol. The molecule has 0 saturated heterocycles. The van der Waals surface area contributed by atoms with Crippen LogP contribution in [0, 0.1) is 0 Å². The molecule has 0 aliphatic rings. The molecule has 9 heteroatoms.